The standard InChI is InChI=1S/C28H32N2O8/c1-15(31)36-19-13-18(25(33)35-4)27(2)11-10-17-26(34)37-20(14-28(17,3)23(27)22(19)32)24-29-21(30-38-24)12-16-8-6-5-7-9-16/h5-9,17-20,23H,10-14H2,1-4H3/t17-,18-,19-,20-,23-,27-,28-/m0/s1. The molecule has 3 aliphatic rings. The Bertz CT molecular complexity index is 1260. The second-order valence-corrected chi connectivity index (χ2v) is 11.2. The number of rotatable bonds is 5. The molecule has 0 spiro atoms. The van der Waals surface area contributed by atoms with Gasteiger partial charge in [0.15, 0.2) is 23.8 Å². The molecule has 10 heteroatoms. The van der Waals surface area contributed by atoms with E-state index in [1.54, 1.807) is 0 Å². The Kier molecular flexibility index (Phi) is 6.61. The van der Waals surface area contributed by atoms with Crippen LogP contribution in [0.1, 0.15) is 69.8 Å². The molecule has 1 aliphatic heterocycles. The Morgan fingerprint density at radius 2 is 1.87 bits per heavy atom. The maximum atomic E-state index is 13.9. The van der Waals surface area contributed by atoms with Crippen molar-refractivity contribution < 1.29 is 37.9 Å². The molecular weight excluding hydrogens is 492 g/mol. The number of aromatic nitrogens is 2. The molecule has 0 N–H and O–H groups in total. The lowest BCUT2D eigenvalue weighted by Crippen LogP contribution is -2.64. The van der Waals surface area contributed by atoms with Gasteiger partial charge in [-0.1, -0.05) is 49.3 Å². The molecule has 2 aromatic rings. The van der Waals surface area contributed by atoms with E-state index >= 15 is 0 Å². The molecule has 10 nitrogen and oxygen atoms in total. The van der Waals surface area contributed by atoms with Gasteiger partial charge in [-0.05, 0) is 29.2 Å². The van der Waals surface area contributed by atoms with Crippen molar-refractivity contribution in [2.75, 3.05) is 7.11 Å². The highest BCUT2D eigenvalue weighted by Crippen LogP contribution is 2.65. The molecule has 5 rings (SSSR count). The molecular formula is C28H32N2O8. The van der Waals surface area contributed by atoms with Gasteiger partial charge in [-0.15, -0.1) is 0 Å². The molecule has 202 valence electrons. The van der Waals surface area contributed by atoms with Crippen LogP contribution < -0.4 is 0 Å². The summed E-state index contributed by atoms with van der Waals surface area (Å²) < 4.78 is 21.8. The summed E-state index contributed by atoms with van der Waals surface area (Å²) in [6, 6.07) is 9.68. The number of carbonyl (C=O) groups excluding carboxylic acids is 4. The zero-order chi connectivity index (χ0) is 27.2. The van der Waals surface area contributed by atoms with E-state index in [4.69, 9.17) is 18.7 Å². The number of esters is 3. The summed E-state index contributed by atoms with van der Waals surface area (Å²) in [6.45, 7) is 5.02. The van der Waals surface area contributed by atoms with Crippen LogP contribution in [0, 0.1) is 28.6 Å². The Labute approximate surface area is 220 Å². The van der Waals surface area contributed by atoms with Crippen LogP contribution in [0.2, 0.25) is 0 Å². The van der Waals surface area contributed by atoms with E-state index in [9.17, 15) is 19.2 Å². The predicted molar refractivity (Wildman–Crippen MR) is 130 cm³/mol. The average Bonchev–Trinajstić information content (AvgIpc) is 3.33. The number of ketones is 1. The van der Waals surface area contributed by atoms with Crippen molar-refractivity contribution >= 4 is 23.7 Å². The average molecular weight is 525 g/mol. The molecule has 7 atom stereocenters. The zero-order valence-corrected chi connectivity index (χ0v) is 22.0. The van der Waals surface area contributed by atoms with Gasteiger partial charge in [-0.3, -0.25) is 19.2 Å². The molecule has 0 amide bonds. The topological polar surface area (TPSA) is 135 Å². The SMILES string of the molecule is COC(=O)[C@@H]1C[C@H](OC(C)=O)C(=O)[C@H]2[C@@]1(C)CC[C@H]1C(=O)O[C@H](c3nc(Cc4ccccc4)no3)C[C@]21C. The lowest BCUT2D eigenvalue weighted by atomic mass is 9.43. The fraction of sp³-hybridized carbons (Fsp3) is 0.571. The Hall–Kier alpha value is -3.56. The van der Waals surface area contributed by atoms with Gasteiger partial charge in [0.2, 0.25) is 0 Å². The van der Waals surface area contributed by atoms with Gasteiger partial charge in [-0.25, -0.2) is 0 Å². The minimum absolute atomic E-state index is 0.0548. The summed E-state index contributed by atoms with van der Waals surface area (Å²) in [6.07, 6.45) is -0.268. The quantitative estimate of drug-likeness (QED) is 0.423. The third kappa shape index (κ3) is 4.29. The van der Waals surface area contributed by atoms with Gasteiger partial charge in [0.05, 0.1) is 18.9 Å². The lowest BCUT2D eigenvalue weighted by molar-refractivity contribution is -0.211. The lowest BCUT2D eigenvalue weighted by Gasteiger charge is -2.60. The van der Waals surface area contributed by atoms with Crippen LogP contribution in [0.5, 0.6) is 0 Å². The number of hydrogen-bond donors (Lipinski definition) is 0. The molecule has 3 fully saturated rings. The van der Waals surface area contributed by atoms with E-state index in [0.29, 0.717) is 25.1 Å². The van der Waals surface area contributed by atoms with Crippen molar-refractivity contribution in [1.29, 1.82) is 0 Å². The summed E-state index contributed by atoms with van der Waals surface area (Å²) >= 11 is 0. The number of benzene rings is 1. The van der Waals surface area contributed by atoms with Gasteiger partial charge in [0, 0.05) is 32.1 Å². The molecule has 1 aromatic carbocycles. The third-order valence-electron chi connectivity index (χ3n) is 8.86. The second-order valence-electron chi connectivity index (χ2n) is 11.2. The second kappa shape index (κ2) is 9.63. The molecule has 1 saturated heterocycles. The fourth-order valence-electron chi connectivity index (χ4n) is 7.21. The Morgan fingerprint density at radius 3 is 2.55 bits per heavy atom. The highest BCUT2D eigenvalue weighted by Gasteiger charge is 2.68. The number of fused-ring (bicyclic) bond motifs is 3. The fourth-order valence-corrected chi connectivity index (χ4v) is 7.21. The molecule has 2 heterocycles. The Morgan fingerprint density at radius 1 is 1.13 bits per heavy atom. The summed E-state index contributed by atoms with van der Waals surface area (Å²) in [5.74, 6) is -3.15. The number of Topliss-reactive ketones (excluding diaryl/α,β-unsaturated/α-hetero) is 1. The van der Waals surface area contributed by atoms with Gasteiger partial charge in [0.1, 0.15) is 0 Å². The van der Waals surface area contributed by atoms with Gasteiger partial charge < -0.3 is 18.7 Å². The molecule has 38 heavy (non-hydrogen) atoms. The van der Waals surface area contributed by atoms with E-state index in [0.717, 1.165) is 5.56 Å². The number of carbonyl (C=O) groups is 4. The van der Waals surface area contributed by atoms with Crippen LogP contribution in [0.15, 0.2) is 34.9 Å². The highest BCUT2D eigenvalue weighted by molar-refractivity contribution is 5.93. The van der Waals surface area contributed by atoms with Crippen molar-refractivity contribution in [3.05, 3.63) is 47.6 Å². The van der Waals surface area contributed by atoms with Crippen LogP contribution in [0.25, 0.3) is 0 Å². The van der Waals surface area contributed by atoms with Crippen LogP contribution in [0.4, 0.5) is 0 Å². The first kappa shape index (κ1) is 26.1. The highest BCUT2D eigenvalue weighted by atomic mass is 16.6. The summed E-state index contributed by atoms with van der Waals surface area (Å²) in [5, 5.41) is 4.08. The number of cyclic esters (lactones) is 1. The first-order valence-corrected chi connectivity index (χ1v) is 12.9. The molecule has 0 unspecified atom stereocenters. The molecule has 0 bridgehead atoms. The van der Waals surface area contributed by atoms with Crippen LogP contribution in [-0.4, -0.2) is 47.0 Å². The molecule has 1 aromatic heterocycles. The van der Waals surface area contributed by atoms with Crippen LogP contribution in [-0.2, 0) is 39.8 Å². The van der Waals surface area contributed by atoms with E-state index in [1.165, 1.54) is 14.0 Å². The maximum Gasteiger partial charge on any atom is 0.310 e. The minimum atomic E-state index is -1.09. The van der Waals surface area contributed by atoms with Crippen molar-refractivity contribution in [3.8, 4) is 0 Å². The third-order valence-corrected chi connectivity index (χ3v) is 8.86. The van der Waals surface area contributed by atoms with E-state index in [-0.39, 0.29) is 24.5 Å². The minimum Gasteiger partial charge on any atom is -0.469 e. The number of hydrogen-bond acceptors (Lipinski definition) is 10. The molecule has 2 saturated carbocycles. The Balaban J connectivity index is 1.49. The van der Waals surface area contributed by atoms with Gasteiger partial charge in [-0.2, -0.15) is 4.98 Å². The monoisotopic (exact) mass is 524 g/mol. The largest absolute Gasteiger partial charge is 0.469 e. The number of ether oxygens (including phenoxy) is 3. The van der Waals surface area contributed by atoms with Crippen molar-refractivity contribution in [1.82, 2.24) is 10.1 Å². The first-order chi connectivity index (χ1) is 18.1. The van der Waals surface area contributed by atoms with E-state index < -0.39 is 58.7 Å². The summed E-state index contributed by atoms with van der Waals surface area (Å²) in [5.41, 5.74) is -0.682. The molecule has 0 radical (unpaired) electrons. The summed E-state index contributed by atoms with van der Waals surface area (Å²) in [7, 11) is 1.31. The smallest absolute Gasteiger partial charge is 0.310 e. The maximum absolute atomic E-state index is 13.9. The van der Waals surface area contributed by atoms with Crippen molar-refractivity contribution in [3.63, 3.8) is 0 Å². The summed E-state index contributed by atoms with van der Waals surface area (Å²) in [4.78, 5) is 56.5. The zero-order valence-electron chi connectivity index (χ0n) is 22.0. The first-order valence-electron chi connectivity index (χ1n) is 12.9. The van der Waals surface area contributed by atoms with Gasteiger partial charge >= 0.3 is 17.9 Å². The van der Waals surface area contributed by atoms with Gasteiger partial charge in [0.25, 0.3) is 5.89 Å². The van der Waals surface area contributed by atoms with Crippen molar-refractivity contribution in [2.45, 2.75) is 65.1 Å². The van der Waals surface area contributed by atoms with Crippen molar-refractivity contribution in [2.24, 2.45) is 28.6 Å². The van der Waals surface area contributed by atoms with E-state index in [1.807, 2.05) is 44.2 Å². The predicted octanol–water partition coefficient (Wildman–Crippen LogP) is 3.38. The number of nitrogens with zero attached hydrogens (tertiary/aromatic N) is 2. The van der Waals surface area contributed by atoms with Crippen LogP contribution >= 0.6 is 0 Å². The van der Waals surface area contributed by atoms with Crippen LogP contribution in [0.3, 0.4) is 0 Å². The normalized spacial score (nSPS) is 34.5. The van der Waals surface area contributed by atoms with E-state index in [2.05, 4.69) is 10.1 Å². The number of methoxy groups -OCH3 is 1. The molecule has 2 aliphatic carbocycles.